The Labute approximate surface area is 88.9 Å². The van der Waals surface area contributed by atoms with Gasteiger partial charge in [-0.1, -0.05) is 48.0 Å². The van der Waals surface area contributed by atoms with E-state index in [-0.39, 0.29) is 10.8 Å². The molecule has 84 valence electrons. The van der Waals surface area contributed by atoms with Crippen molar-refractivity contribution in [3.8, 4) is 0 Å². The minimum atomic E-state index is -0.530. The third-order valence-electron chi connectivity index (χ3n) is 4.33. The zero-order chi connectivity index (χ0) is 11.2. The molecule has 1 fully saturated rings. The third kappa shape index (κ3) is 1.50. The van der Waals surface area contributed by atoms with Gasteiger partial charge in [0.2, 0.25) is 0 Å². The Morgan fingerprint density at radius 2 is 1.71 bits per heavy atom. The molecule has 0 saturated heterocycles. The van der Waals surface area contributed by atoms with Crippen LogP contribution in [0.15, 0.2) is 0 Å². The molecule has 0 aromatic rings. The average Bonchev–Trinajstić information content (AvgIpc) is 1.97. The fourth-order valence-electron chi connectivity index (χ4n) is 3.67. The topological polar surface area (TPSA) is 20.2 Å². The molecule has 14 heavy (non-hydrogen) atoms. The molecule has 0 heterocycles. The van der Waals surface area contributed by atoms with Crippen molar-refractivity contribution in [2.45, 2.75) is 66.4 Å². The Morgan fingerprint density at radius 1 is 1.21 bits per heavy atom. The molecule has 2 unspecified atom stereocenters. The lowest BCUT2D eigenvalue weighted by Gasteiger charge is -2.57. The molecule has 1 saturated carbocycles. The zero-order valence-electron chi connectivity index (χ0n) is 10.6. The molecule has 0 spiro atoms. The van der Waals surface area contributed by atoms with Crippen molar-refractivity contribution in [1.82, 2.24) is 0 Å². The monoisotopic (exact) mass is 198 g/mol. The van der Waals surface area contributed by atoms with E-state index in [0.717, 1.165) is 12.8 Å². The average molecular weight is 198 g/mol. The highest BCUT2D eigenvalue weighted by molar-refractivity contribution is 5.06. The van der Waals surface area contributed by atoms with E-state index in [4.69, 9.17) is 0 Å². The van der Waals surface area contributed by atoms with E-state index in [0.29, 0.717) is 5.92 Å². The van der Waals surface area contributed by atoms with E-state index in [9.17, 15) is 5.11 Å². The van der Waals surface area contributed by atoms with E-state index in [1.165, 1.54) is 6.42 Å². The highest BCUT2D eigenvalue weighted by Gasteiger charge is 2.56. The van der Waals surface area contributed by atoms with Gasteiger partial charge in [-0.05, 0) is 29.6 Å². The molecule has 0 aromatic carbocycles. The smallest absolute Gasteiger partial charge is 0.0771 e. The Hall–Kier alpha value is -0.0400. The summed E-state index contributed by atoms with van der Waals surface area (Å²) >= 11 is 0. The van der Waals surface area contributed by atoms with Crippen molar-refractivity contribution in [3.05, 3.63) is 0 Å². The summed E-state index contributed by atoms with van der Waals surface area (Å²) in [6, 6.07) is 0. The predicted molar refractivity (Wildman–Crippen MR) is 61.2 cm³/mol. The van der Waals surface area contributed by atoms with Crippen LogP contribution < -0.4 is 0 Å². The summed E-state index contributed by atoms with van der Waals surface area (Å²) in [4.78, 5) is 0. The summed E-state index contributed by atoms with van der Waals surface area (Å²) in [6.07, 6.45) is 3.56. The maximum absolute atomic E-state index is 11.0. The molecule has 0 radical (unpaired) electrons. The van der Waals surface area contributed by atoms with E-state index in [2.05, 4.69) is 41.5 Å². The summed E-state index contributed by atoms with van der Waals surface area (Å²) < 4.78 is 0. The molecule has 1 nitrogen and oxygen atoms in total. The van der Waals surface area contributed by atoms with Crippen molar-refractivity contribution in [1.29, 1.82) is 0 Å². The van der Waals surface area contributed by atoms with Crippen LogP contribution in [0.2, 0.25) is 0 Å². The van der Waals surface area contributed by atoms with Crippen LogP contribution in [0.4, 0.5) is 0 Å². The molecule has 0 bridgehead atoms. The number of hydrogen-bond acceptors (Lipinski definition) is 1. The summed E-state index contributed by atoms with van der Waals surface area (Å²) in [6.45, 7) is 13.1. The van der Waals surface area contributed by atoms with Crippen LogP contribution in [0.3, 0.4) is 0 Å². The van der Waals surface area contributed by atoms with Gasteiger partial charge in [-0.3, -0.25) is 0 Å². The lowest BCUT2D eigenvalue weighted by atomic mass is 9.52. The first-order chi connectivity index (χ1) is 6.13. The number of rotatable bonds is 0. The summed E-state index contributed by atoms with van der Waals surface area (Å²) in [7, 11) is 0. The van der Waals surface area contributed by atoms with Crippen LogP contribution in [0.1, 0.15) is 60.8 Å². The molecule has 1 rings (SSSR count). The summed E-state index contributed by atoms with van der Waals surface area (Å²) in [5.74, 6) is 0.409. The standard InChI is InChI=1S/C13H26O/c1-10-8-7-9-12(5,6)13(10,14)11(2,3)4/h10,14H,7-9H2,1-6H3. The molecule has 2 atom stereocenters. The number of aliphatic hydroxyl groups is 1. The molecule has 1 N–H and O–H groups in total. The van der Waals surface area contributed by atoms with Crippen LogP contribution in [-0.2, 0) is 0 Å². The van der Waals surface area contributed by atoms with Gasteiger partial charge in [-0.25, -0.2) is 0 Å². The van der Waals surface area contributed by atoms with Gasteiger partial charge in [0, 0.05) is 0 Å². The van der Waals surface area contributed by atoms with E-state index >= 15 is 0 Å². The Morgan fingerprint density at radius 3 is 2.00 bits per heavy atom. The van der Waals surface area contributed by atoms with Gasteiger partial charge in [-0.2, -0.15) is 0 Å². The first-order valence-corrected chi connectivity index (χ1v) is 5.85. The first kappa shape index (κ1) is 12.0. The quantitative estimate of drug-likeness (QED) is 0.630. The Kier molecular flexibility index (Phi) is 2.78. The summed E-state index contributed by atoms with van der Waals surface area (Å²) in [5.41, 5.74) is -0.516. The third-order valence-corrected chi connectivity index (χ3v) is 4.33. The van der Waals surface area contributed by atoms with Crippen molar-refractivity contribution in [3.63, 3.8) is 0 Å². The second-order valence-corrected chi connectivity index (χ2v) is 6.69. The van der Waals surface area contributed by atoms with Gasteiger partial charge in [0.25, 0.3) is 0 Å². The van der Waals surface area contributed by atoms with Gasteiger partial charge in [-0.15, -0.1) is 0 Å². The second-order valence-electron chi connectivity index (χ2n) is 6.69. The van der Waals surface area contributed by atoms with Crippen molar-refractivity contribution < 1.29 is 5.11 Å². The van der Waals surface area contributed by atoms with Crippen LogP contribution in [0.25, 0.3) is 0 Å². The molecule has 1 aliphatic rings. The summed E-state index contributed by atoms with van der Waals surface area (Å²) in [5, 5.41) is 11.0. The Balaban J connectivity index is 3.12. The van der Waals surface area contributed by atoms with Crippen LogP contribution in [0, 0.1) is 16.7 Å². The zero-order valence-corrected chi connectivity index (χ0v) is 10.6. The van der Waals surface area contributed by atoms with Gasteiger partial charge in [0.05, 0.1) is 5.60 Å². The van der Waals surface area contributed by atoms with Crippen molar-refractivity contribution >= 4 is 0 Å². The van der Waals surface area contributed by atoms with Crippen molar-refractivity contribution in [2.75, 3.05) is 0 Å². The first-order valence-electron chi connectivity index (χ1n) is 5.85. The SMILES string of the molecule is CC1CCCC(C)(C)C1(O)C(C)(C)C. The predicted octanol–water partition coefficient (Wildman–Crippen LogP) is 3.61. The van der Waals surface area contributed by atoms with Crippen molar-refractivity contribution in [2.24, 2.45) is 16.7 Å². The second kappa shape index (κ2) is 3.23. The van der Waals surface area contributed by atoms with Gasteiger partial charge in [0.1, 0.15) is 0 Å². The highest BCUT2D eigenvalue weighted by atomic mass is 16.3. The van der Waals surface area contributed by atoms with E-state index in [1.54, 1.807) is 0 Å². The van der Waals surface area contributed by atoms with Gasteiger partial charge >= 0.3 is 0 Å². The minimum absolute atomic E-state index is 0.0314. The lowest BCUT2D eigenvalue weighted by molar-refractivity contribution is -0.197. The normalized spacial score (nSPS) is 38.4. The molecular weight excluding hydrogens is 172 g/mol. The molecular formula is C13H26O. The molecule has 0 aromatic heterocycles. The van der Waals surface area contributed by atoms with Crippen LogP contribution in [0.5, 0.6) is 0 Å². The fraction of sp³-hybridized carbons (Fsp3) is 1.00. The van der Waals surface area contributed by atoms with E-state index in [1.807, 2.05) is 0 Å². The number of hydrogen-bond donors (Lipinski definition) is 1. The van der Waals surface area contributed by atoms with E-state index < -0.39 is 5.60 Å². The lowest BCUT2D eigenvalue weighted by Crippen LogP contribution is -2.60. The van der Waals surface area contributed by atoms with Gasteiger partial charge < -0.3 is 5.11 Å². The fourth-order valence-corrected chi connectivity index (χ4v) is 3.67. The highest BCUT2D eigenvalue weighted by Crippen LogP contribution is 2.55. The molecule has 1 aliphatic carbocycles. The van der Waals surface area contributed by atoms with Crippen LogP contribution >= 0.6 is 0 Å². The maximum Gasteiger partial charge on any atom is 0.0771 e. The van der Waals surface area contributed by atoms with Crippen LogP contribution in [-0.4, -0.2) is 10.7 Å². The molecule has 1 heteroatoms. The maximum atomic E-state index is 11.0. The van der Waals surface area contributed by atoms with Gasteiger partial charge in [0.15, 0.2) is 0 Å². The minimum Gasteiger partial charge on any atom is -0.389 e. The Bertz CT molecular complexity index is 212. The largest absolute Gasteiger partial charge is 0.389 e. The molecule has 0 aliphatic heterocycles. The molecule has 0 amide bonds.